The predicted molar refractivity (Wildman–Crippen MR) is 59.0 cm³/mol. The van der Waals surface area contributed by atoms with Gasteiger partial charge in [-0.25, -0.2) is 4.98 Å². The fourth-order valence-electron chi connectivity index (χ4n) is 1.35. The molecule has 3 heteroatoms. The van der Waals surface area contributed by atoms with Crippen molar-refractivity contribution in [3.8, 4) is 0 Å². The van der Waals surface area contributed by atoms with Crippen LogP contribution in [0.25, 0.3) is 10.8 Å². The zero-order valence-electron chi connectivity index (χ0n) is 7.21. The molecule has 13 heavy (non-hydrogen) atoms. The molecule has 0 spiro atoms. The number of anilines is 1. The first-order chi connectivity index (χ1) is 6.31. The molecule has 2 rings (SSSR count). The highest BCUT2D eigenvalue weighted by Crippen LogP contribution is 2.23. The van der Waals surface area contributed by atoms with Gasteiger partial charge in [0, 0.05) is 23.1 Å². The van der Waals surface area contributed by atoms with E-state index in [-0.39, 0.29) is 0 Å². The second kappa shape index (κ2) is 3.34. The second-order valence-electron chi connectivity index (χ2n) is 2.78. The maximum Gasteiger partial charge on any atom is 0.133 e. The normalized spacial score (nSPS) is 10.3. The van der Waals surface area contributed by atoms with E-state index in [4.69, 9.17) is 0 Å². The molecule has 0 saturated heterocycles. The van der Waals surface area contributed by atoms with Crippen LogP contribution >= 0.6 is 15.9 Å². The van der Waals surface area contributed by atoms with Crippen LogP contribution in [0.15, 0.2) is 34.9 Å². The van der Waals surface area contributed by atoms with Crippen molar-refractivity contribution in [2.75, 3.05) is 12.4 Å². The molecule has 0 bridgehead atoms. The topological polar surface area (TPSA) is 24.9 Å². The molecule has 1 N–H and O–H groups in total. The molecule has 0 aliphatic heterocycles. The number of benzene rings is 1. The molecule has 0 aliphatic rings. The van der Waals surface area contributed by atoms with E-state index in [0.717, 1.165) is 15.7 Å². The van der Waals surface area contributed by atoms with Crippen molar-refractivity contribution in [1.82, 2.24) is 4.98 Å². The van der Waals surface area contributed by atoms with Gasteiger partial charge < -0.3 is 5.32 Å². The second-order valence-corrected chi connectivity index (χ2v) is 3.69. The van der Waals surface area contributed by atoms with E-state index in [1.807, 2.05) is 19.2 Å². The van der Waals surface area contributed by atoms with E-state index >= 15 is 0 Å². The fourth-order valence-corrected chi connectivity index (χ4v) is 1.73. The van der Waals surface area contributed by atoms with E-state index in [9.17, 15) is 0 Å². The zero-order chi connectivity index (χ0) is 9.26. The molecular weight excluding hydrogens is 228 g/mol. The van der Waals surface area contributed by atoms with Crippen molar-refractivity contribution in [3.05, 3.63) is 34.9 Å². The molecule has 0 fully saturated rings. The van der Waals surface area contributed by atoms with Crippen LogP contribution in [0.5, 0.6) is 0 Å². The Balaban J connectivity index is 2.77. The Hall–Kier alpha value is -1.09. The third kappa shape index (κ3) is 1.52. The number of aromatic nitrogens is 1. The lowest BCUT2D eigenvalue weighted by Gasteiger charge is -2.04. The van der Waals surface area contributed by atoms with Gasteiger partial charge in [0.2, 0.25) is 0 Å². The van der Waals surface area contributed by atoms with E-state index in [1.54, 1.807) is 6.20 Å². The van der Waals surface area contributed by atoms with E-state index in [0.29, 0.717) is 0 Å². The van der Waals surface area contributed by atoms with E-state index in [2.05, 4.69) is 38.4 Å². The van der Waals surface area contributed by atoms with Gasteiger partial charge in [0.15, 0.2) is 0 Å². The molecule has 0 atom stereocenters. The molecule has 2 aromatic rings. The van der Waals surface area contributed by atoms with Crippen LogP contribution in [0.1, 0.15) is 0 Å². The van der Waals surface area contributed by atoms with Gasteiger partial charge in [-0.1, -0.05) is 15.9 Å². The average molecular weight is 237 g/mol. The molecule has 2 nitrogen and oxygen atoms in total. The van der Waals surface area contributed by atoms with Crippen LogP contribution in [0.2, 0.25) is 0 Å². The van der Waals surface area contributed by atoms with Crippen LogP contribution in [0.4, 0.5) is 5.82 Å². The number of nitrogens with zero attached hydrogens (tertiary/aromatic N) is 1. The maximum atomic E-state index is 4.23. The number of pyridine rings is 1. The van der Waals surface area contributed by atoms with Gasteiger partial charge in [-0.15, -0.1) is 0 Å². The largest absolute Gasteiger partial charge is 0.373 e. The van der Waals surface area contributed by atoms with Crippen molar-refractivity contribution >= 4 is 32.5 Å². The summed E-state index contributed by atoms with van der Waals surface area (Å²) in [5.74, 6) is 0.921. The number of nitrogens with one attached hydrogen (secondary N) is 1. The lowest BCUT2D eigenvalue weighted by atomic mass is 10.1. The molecule has 1 aromatic heterocycles. The molecule has 0 amide bonds. The van der Waals surface area contributed by atoms with E-state index in [1.165, 1.54) is 5.39 Å². The standard InChI is InChI=1S/C10H9BrN2/c1-12-10-9-3-2-8(11)6-7(9)4-5-13-10/h2-6H,1H3,(H,12,13). The molecule has 66 valence electrons. The summed E-state index contributed by atoms with van der Waals surface area (Å²) in [5, 5.41) is 5.40. The highest BCUT2D eigenvalue weighted by molar-refractivity contribution is 9.10. The summed E-state index contributed by atoms with van der Waals surface area (Å²) < 4.78 is 1.09. The van der Waals surface area contributed by atoms with Crippen LogP contribution in [0.3, 0.4) is 0 Å². The van der Waals surface area contributed by atoms with Crippen molar-refractivity contribution in [2.24, 2.45) is 0 Å². The fraction of sp³-hybridized carbons (Fsp3) is 0.100. The number of hydrogen-bond donors (Lipinski definition) is 1. The third-order valence-electron chi connectivity index (χ3n) is 1.96. The first kappa shape index (κ1) is 8.51. The minimum Gasteiger partial charge on any atom is -0.373 e. The quantitative estimate of drug-likeness (QED) is 0.824. The first-order valence-corrected chi connectivity index (χ1v) is 4.82. The SMILES string of the molecule is CNc1nccc2cc(Br)ccc12. The van der Waals surface area contributed by atoms with Gasteiger partial charge >= 0.3 is 0 Å². The summed E-state index contributed by atoms with van der Waals surface area (Å²) >= 11 is 3.44. The maximum absolute atomic E-state index is 4.23. The van der Waals surface area contributed by atoms with Crippen molar-refractivity contribution in [1.29, 1.82) is 0 Å². The Morgan fingerprint density at radius 2 is 2.15 bits per heavy atom. The molecule has 1 aromatic carbocycles. The highest BCUT2D eigenvalue weighted by atomic mass is 79.9. The molecule has 0 unspecified atom stereocenters. The number of hydrogen-bond acceptors (Lipinski definition) is 2. The van der Waals surface area contributed by atoms with Gasteiger partial charge in [-0.2, -0.15) is 0 Å². The Morgan fingerprint density at radius 1 is 1.31 bits per heavy atom. The van der Waals surface area contributed by atoms with Gasteiger partial charge in [0.25, 0.3) is 0 Å². The van der Waals surface area contributed by atoms with Gasteiger partial charge in [0.1, 0.15) is 5.82 Å². The third-order valence-corrected chi connectivity index (χ3v) is 2.46. The smallest absolute Gasteiger partial charge is 0.133 e. The number of rotatable bonds is 1. The minimum absolute atomic E-state index is 0.921. The lowest BCUT2D eigenvalue weighted by Crippen LogP contribution is -1.92. The lowest BCUT2D eigenvalue weighted by molar-refractivity contribution is 1.32. The van der Waals surface area contributed by atoms with Crippen LogP contribution in [-0.2, 0) is 0 Å². The van der Waals surface area contributed by atoms with Crippen LogP contribution in [0, 0.1) is 0 Å². The monoisotopic (exact) mass is 236 g/mol. The molecule has 0 saturated carbocycles. The van der Waals surface area contributed by atoms with Crippen LogP contribution in [-0.4, -0.2) is 12.0 Å². The molecular formula is C10H9BrN2. The predicted octanol–water partition coefficient (Wildman–Crippen LogP) is 3.04. The van der Waals surface area contributed by atoms with Crippen molar-refractivity contribution < 1.29 is 0 Å². The van der Waals surface area contributed by atoms with Crippen LogP contribution < -0.4 is 5.32 Å². The van der Waals surface area contributed by atoms with Gasteiger partial charge in [-0.05, 0) is 29.7 Å². The summed E-state index contributed by atoms with van der Waals surface area (Å²) in [5.41, 5.74) is 0. The minimum atomic E-state index is 0.921. The summed E-state index contributed by atoms with van der Waals surface area (Å²) in [7, 11) is 1.88. The van der Waals surface area contributed by atoms with E-state index < -0.39 is 0 Å². The van der Waals surface area contributed by atoms with Gasteiger partial charge in [0.05, 0.1) is 0 Å². The number of fused-ring (bicyclic) bond motifs is 1. The first-order valence-electron chi connectivity index (χ1n) is 4.03. The Kier molecular flexibility index (Phi) is 2.19. The van der Waals surface area contributed by atoms with Crippen molar-refractivity contribution in [2.45, 2.75) is 0 Å². The summed E-state index contributed by atoms with van der Waals surface area (Å²) in [6.07, 6.45) is 1.81. The van der Waals surface area contributed by atoms with Gasteiger partial charge in [-0.3, -0.25) is 0 Å². The molecule has 1 heterocycles. The Labute approximate surface area is 85.1 Å². The molecule has 0 radical (unpaired) electrons. The molecule has 0 aliphatic carbocycles. The zero-order valence-corrected chi connectivity index (χ0v) is 8.80. The highest BCUT2D eigenvalue weighted by Gasteiger charge is 1.99. The summed E-state index contributed by atoms with van der Waals surface area (Å²) in [6.45, 7) is 0. The Morgan fingerprint density at radius 3 is 2.92 bits per heavy atom. The summed E-state index contributed by atoms with van der Waals surface area (Å²) in [4.78, 5) is 4.23. The number of halogens is 1. The summed E-state index contributed by atoms with van der Waals surface area (Å²) in [6, 6.07) is 8.15. The van der Waals surface area contributed by atoms with Crippen molar-refractivity contribution in [3.63, 3.8) is 0 Å². The average Bonchev–Trinajstić information content (AvgIpc) is 2.16. The Bertz CT molecular complexity index is 440.